The van der Waals surface area contributed by atoms with Gasteiger partial charge in [0.2, 0.25) is 0 Å². The van der Waals surface area contributed by atoms with Crippen LogP contribution in [0.4, 0.5) is 4.79 Å². The van der Waals surface area contributed by atoms with Crippen molar-refractivity contribution in [3.63, 3.8) is 0 Å². The van der Waals surface area contributed by atoms with Crippen molar-refractivity contribution < 1.29 is 4.79 Å². The van der Waals surface area contributed by atoms with Crippen LogP contribution in [-0.4, -0.2) is 31.1 Å². The van der Waals surface area contributed by atoms with Gasteiger partial charge in [-0.3, -0.25) is 0 Å². The molecule has 1 aromatic rings. The van der Waals surface area contributed by atoms with E-state index >= 15 is 0 Å². The van der Waals surface area contributed by atoms with Crippen molar-refractivity contribution in [1.82, 2.24) is 10.2 Å². The summed E-state index contributed by atoms with van der Waals surface area (Å²) in [4.78, 5) is 13.0. The van der Waals surface area contributed by atoms with E-state index in [1.807, 2.05) is 19.2 Å². The van der Waals surface area contributed by atoms with E-state index in [0.29, 0.717) is 19.0 Å². The maximum absolute atomic E-state index is 11.3. The van der Waals surface area contributed by atoms with Gasteiger partial charge in [-0.1, -0.05) is 24.3 Å². The summed E-state index contributed by atoms with van der Waals surface area (Å²) < 4.78 is 0. The van der Waals surface area contributed by atoms with Crippen LogP contribution in [0.5, 0.6) is 0 Å². The number of carbonyl (C=O) groups excluding carboxylic acids is 1. The summed E-state index contributed by atoms with van der Waals surface area (Å²) in [5.74, 6) is 0.356. The third-order valence-electron chi connectivity index (χ3n) is 3.00. The summed E-state index contributed by atoms with van der Waals surface area (Å²) in [6.07, 6.45) is 0. The van der Waals surface area contributed by atoms with Crippen molar-refractivity contribution in [3.8, 4) is 0 Å². The normalized spacial score (nSPS) is 20.8. The van der Waals surface area contributed by atoms with Crippen LogP contribution in [0, 0.1) is 0 Å². The Hall–Kier alpha value is -1.55. The molecule has 2 rings (SSSR count). The second kappa shape index (κ2) is 4.53. The molecular formula is C12H17N3O. The molecule has 0 bridgehead atoms. The average Bonchev–Trinajstić information content (AvgIpc) is 2.33. The number of likely N-dealkylation sites (N-methyl/N-ethyl adjacent to an activating group) is 1. The minimum atomic E-state index is 0.00577. The maximum atomic E-state index is 11.3. The first-order valence-corrected chi connectivity index (χ1v) is 5.48. The molecule has 2 amide bonds. The Morgan fingerprint density at radius 1 is 1.56 bits per heavy atom. The van der Waals surface area contributed by atoms with Crippen LogP contribution in [0.25, 0.3) is 0 Å². The van der Waals surface area contributed by atoms with Gasteiger partial charge in [-0.2, -0.15) is 0 Å². The van der Waals surface area contributed by atoms with Gasteiger partial charge in [0.1, 0.15) is 0 Å². The number of hydrogen-bond donors (Lipinski definition) is 2. The molecule has 0 radical (unpaired) electrons. The van der Waals surface area contributed by atoms with Gasteiger partial charge in [0.05, 0.1) is 0 Å². The predicted octanol–water partition coefficient (Wildman–Crippen LogP) is 0.884. The highest BCUT2D eigenvalue weighted by atomic mass is 16.2. The van der Waals surface area contributed by atoms with Crippen molar-refractivity contribution in [2.24, 2.45) is 5.73 Å². The van der Waals surface area contributed by atoms with Crippen molar-refractivity contribution in [2.45, 2.75) is 12.5 Å². The fraction of sp³-hybridized carbons (Fsp3) is 0.417. The fourth-order valence-electron chi connectivity index (χ4n) is 2.02. The maximum Gasteiger partial charge on any atom is 0.317 e. The predicted molar refractivity (Wildman–Crippen MR) is 63.1 cm³/mol. The third-order valence-corrected chi connectivity index (χ3v) is 3.00. The molecular weight excluding hydrogens is 202 g/mol. The zero-order valence-electron chi connectivity index (χ0n) is 9.44. The molecule has 86 valence electrons. The number of rotatable bonds is 2. The smallest absolute Gasteiger partial charge is 0.317 e. The number of nitrogens with zero attached hydrogens (tertiary/aromatic N) is 1. The number of amides is 2. The molecule has 4 heteroatoms. The SMILES string of the molecule is CN1CC(c2cccc(CN)c2)CNC1=O. The Bertz CT molecular complexity index is 392. The van der Waals surface area contributed by atoms with E-state index in [0.717, 1.165) is 12.1 Å². The topological polar surface area (TPSA) is 58.4 Å². The zero-order valence-corrected chi connectivity index (χ0v) is 9.44. The first-order valence-electron chi connectivity index (χ1n) is 5.48. The van der Waals surface area contributed by atoms with Gasteiger partial charge < -0.3 is 16.0 Å². The van der Waals surface area contributed by atoms with Crippen LogP contribution < -0.4 is 11.1 Å². The van der Waals surface area contributed by atoms with Gasteiger partial charge in [0.15, 0.2) is 0 Å². The van der Waals surface area contributed by atoms with E-state index in [1.165, 1.54) is 5.56 Å². The van der Waals surface area contributed by atoms with E-state index in [4.69, 9.17) is 5.73 Å². The molecule has 0 saturated carbocycles. The van der Waals surface area contributed by atoms with Crippen LogP contribution in [0.15, 0.2) is 24.3 Å². The monoisotopic (exact) mass is 219 g/mol. The van der Waals surface area contributed by atoms with E-state index < -0.39 is 0 Å². The summed E-state index contributed by atoms with van der Waals surface area (Å²) in [6, 6.07) is 8.26. The highest BCUT2D eigenvalue weighted by Crippen LogP contribution is 2.20. The van der Waals surface area contributed by atoms with Gasteiger partial charge >= 0.3 is 6.03 Å². The Kier molecular flexibility index (Phi) is 3.10. The van der Waals surface area contributed by atoms with Gasteiger partial charge in [-0.15, -0.1) is 0 Å². The van der Waals surface area contributed by atoms with Crippen molar-refractivity contribution >= 4 is 6.03 Å². The third kappa shape index (κ3) is 2.17. The molecule has 1 saturated heterocycles. The van der Waals surface area contributed by atoms with Crippen LogP contribution >= 0.6 is 0 Å². The molecule has 3 N–H and O–H groups in total. The highest BCUT2D eigenvalue weighted by Gasteiger charge is 2.23. The Balaban J connectivity index is 2.15. The number of nitrogens with one attached hydrogen (secondary N) is 1. The van der Waals surface area contributed by atoms with Crippen LogP contribution in [0.1, 0.15) is 17.0 Å². The van der Waals surface area contributed by atoms with Gasteiger partial charge in [0.25, 0.3) is 0 Å². The quantitative estimate of drug-likeness (QED) is 0.776. The minimum absolute atomic E-state index is 0.00577. The number of urea groups is 1. The second-order valence-electron chi connectivity index (χ2n) is 4.21. The Morgan fingerprint density at radius 2 is 2.38 bits per heavy atom. The molecule has 1 aliphatic rings. The summed E-state index contributed by atoms with van der Waals surface area (Å²) in [5, 5.41) is 2.87. The molecule has 4 nitrogen and oxygen atoms in total. The zero-order chi connectivity index (χ0) is 11.5. The Labute approximate surface area is 95.4 Å². The van der Waals surface area contributed by atoms with Crippen LogP contribution in [0.2, 0.25) is 0 Å². The molecule has 1 heterocycles. The molecule has 1 atom stereocenters. The fourth-order valence-corrected chi connectivity index (χ4v) is 2.02. The van der Waals surface area contributed by atoms with E-state index in [9.17, 15) is 4.79 Å². The van der Waals surface area contributed by atoms with Crippen molar-refractivity contribution in [2.75, 3.05) is 20.1 Å². The molecule has 1 aromatic carbocycles. The van der Waals surface area contributed by atoms with E-state index in [-0.39, 0.29) is 6.03 Å². The highest BCUT2D eigenvalue weighted by molar-refractivity contribution is 5.75. The standard InChI is InChI=1S/C12H17N3O/c1-15-8-11(7-14-12(15)16)10-4-2-3-9(5-10)6-13/h2-5,11H,6-8,13H2,1H3,(H,14,16). The molecule has 1 unspecified atom stereocenters. The first-order chi connectivity index (χ1) is 7.70. The van der Waals surface area contributed by atoms with Crippen molar-refractivity contribution in [3.05, 3.63) is 35.4 Å². The van der Waals surface area contributed by atoms with E-state index in [1.54, 1.807) is 4.90 Å². The number of carbonyl (C=O) groups is 1. The number of benzene rings is 1. The average molecular weight is 219 g/mol. The summed E-state index contributed by atoms with van der Waals surface area (Å²) in [6.45, 7) is 2.03. The Morgan fingerprint density at radius 3 is 3.06 bits per heavy atom. The first kappa shape index (κ1) is 11.0. The molecule has 1 fully saturated rings. The van der Waals surface area contributed by atoms with Gasteiger partial charge in [-0.05, 0) is 11.1 Å². The number of nitrogens with two attached hydrogens (primary N) is 1. The second-order valence-corrected chi connectivity index (χ2v) is 4.21. The lowest BCUT2D eigenvalue weighted by Gasteiger charge is -2.30. The number of hydrogen-bond acceptors (Lipinski definition) is 2. The summed E-state index contributed by atoms with van der Waals surface area (Å²) in [5.41, 5.74) is 8.00. The largest absolute Gasteiger partial charge is 0.337 e. The molecule has 0 aliphatic carbocycles. The lowest BCUT2D eigenvalue weighted by Crippen LogP contribution is -2.48. The molecule has 16 heavy (non-hydrogen) atoms. The molecule has 1 aliphatic heterocycles. The van der Waals surface area contributed by atoms with Crippen LogP contribution in [-0.2, 0) is 6.54 Å². The minimum Gasteiger partial charge on any atom is -0.337 e. The van der Waals surface area contributed by atoms with E-state index in [2.05, 4.69) is 17.4 Å². The summed E-state index contributed by atoms with van der Waals surface area (Å²) >= 11 is 0. The summed E-state index contributed by atoms with van der Waals surface area (Å²) in [7, 11) is 1.81. The van der Waals surface area contributed by atoms with Gasteiger partial charge in [-0.25, -0.2) is 4.79 Å². The molecule has 0 spiro atoms. The van der Waals surface area contributed by atoms with Crippen LogP contribution in [0.3, 0.4) is 0 Å². The molecule has 0 aromatic heterocycles. The van der Waals surface area contributed by atoms with Gasteiger partial charge in [0, 0.05) is 32.6 Å². The lowest BCUT2D eigenvalue weighted by molar-refractivity contribution is 0.193. The van der Waals surface area contributed by atoms with Crippen molar-refractivity contribution in [1.29, 1.82) is 0 Å². The lowest BCUT2D eigenvalue weighted by atomic mass is 9.95.